The SMILES string of the molecule is COc1ccc2c(c1F)C(=O)N(C[C@@]1(c3cc4nc(N5C[C@@H](O)CC5=O)ccc4o3)NC(O)NC1=O)C2. The van der Waals surface area contributed by atoms with Crippen LogP contribution < -0.4 is 20.3 Å². The second-order valence-electron chi connectivity index (χ2n) is 9.23. The number of halogens is 1. The molecule has 3 aromatic rings. The van der Waals surface area contributed by atoms with Crippen LogP contribution >= 0.6 is 0 Å². The summed E-state index contributed by atoms with van der Waals surface area (Å²) in [6.45, 7) is -0.139. The van der Waals surface area contributed by atoms with Gasteiger partial charge in [-0.25, -0.2) is 9.37 Å². The first-order chi connectivity index (χ1) is 17.7. The Balaban J connectivity index is 1.36. The molecule has 1 aromatic carbocycles. The summed E-state index contributed by atoms with van der Waals surface area (Å²) in [7, 11) is 1.30. The first-order valence-electron chi connectivity index (χ1n) is 11.5. The molecule has 6 rings (SSSR count). The van der Waals surface area contributed by atoms with E-state index in [1.807, 2.05) is 0 Å². The van der Waals surface area contributed by atoms with Gasteiger partial charge >= 0.3 is 0 Å². The quantitative estimate of drug-likeness (QED) is 0.368. The predicted molar refractivity (Wildman–Crippen MR) is 124 cm³/mol. The van der Waals surface area contributed by atoms with Crippen molar-refractivity contribution in [2.45, 2.75) is 31.0 Å². The van der Waals surface area contributed by atoms with Crippen LogP contribution in [-0.2, 0) is 21.7 Å². The lowest BCUT2D eigenvalue weighted by Crippen LogP contribution is -2.53. The number of carbonyl (C=O) groups excluding carboxylic acids is 3. The summed E-state index contributed by atoms with van der Waals surface area (Å²) in [4.78, 5) is 45.6. The van der Waals surface area contributed by atoms with Gasteiger partial charge in [-0.1, -0.05) is 6.07 Å². The number of hydrogen-bond acceptors (Lipinski definition) is 9. The molecule has 5 heterocycles. The average molecular weight is 511 g/mol. The lowest BCUT2D eigenvalue weighted by atomic mass is 9.95. The number of aliphatic hydroxyl groups is 2. The maximum atomic E-state index is 14.8. The van der Waals surface area contributed by atoms with Crippen molar-refractivity contribution in [3.63, 3.8) is 0 Å². The summed E-state index contributed by atoms with van der Waals surface area (Å²) in [6.07, 6.45) is -2.21. The molecule has 0 radical (unpaired) electrons. The number of benzene rings is 1. The Morgan fingerprint density at radius 3 is 2.73 bits per heavy atom. The first-order valence-corrected chi connectivity index (χ1v) is 11.5. The third kappa shape index (κ3) is 3.54. The second kappa shape index (κ2) is 8.23. The monoisotopic (exact) mass is 511 g/mol. The fourth-order valence-electron chi connectivity index (χ4n) is 5.11. The minimum Gasteiger partial charge on any atom is -0.494 e. The number of nitrogens with one attached hydrogen (secondary N) is 2. The van der Waals surface area contributed by atoms with Gasteiger partial charge in [0.05, 0.1) is 38.3 Å². The molecule has 3 amide bonds. The topological polar surface area (TPSA) is 157 Å². The first kappa shape index (κ1) is 23.3. The number of amides is 3. The van der Waals surface area contributed by atoms with Crippen molar-refractivity contribution >= 4 is 34.6 Å². The molecule has 4 N–H and O–H groups in total. The molecule has 0 spiro atoms. The molecule has 2 aromatic heterocycles. The van der Waals surface area contributed by atoms with Crippen LogP contribution in [0.15, 0.2) is 34.7 Å². The van der Waals surface area contributed by atoms with Gasteiger partial charge in [-0.05, 0) is 23.8 Å². The number of anilines is 1. The number of aromatic nitrogens is 1. The van der Waals surface area contributed by atoms with E-state index in [4.69, 9.17) is 9.15 Å². The molecule has 3 atom stereocenters. The summed E-state index contributed by atoms with van der Waals surface area (Å²) < 4.78 is 25.8. The summed E-state index contributed by atoms with van der Waals surface area (Å²) in [5.41, 5.74) is -0.789. The lowest BCUT2D eigenvalue weighted by Gasteiger charge is -2.29. The van der Waals surface area contributed by atoms with Crippen LogP contribution in [0.1, 0.15) is 28.1 Å². The van der Waals surface area contributed by atoms with E-state index in [-0.39, 0.29) is 49.0 Å². The average Bonchev–Trinajstić information content (AvgIpc) is 3.59. The second-order valence-corrected chi connectivity index (χ2v) is 9.23. The van der Waals surface area contributed by atoms with Gasteiger partial charge in [-0.3, -0.25) is 24.6 Å². The Morgan fingerprint density at radius 1 is 1.24 bits per heavy atom. The number of fused-ring (bicyclic) bond motifs is 2. The Morgan fingerprint density at radius 2 is 2.05 bits per heavy atom. The van der Waals surface area contributed by atoms with Gasteiger partial charge in [0.1, 0.15) is 17.1 Å². The summed E-state index contributed by atoms with van der Waals surface area (Å²) in [5, 5.41) is 25.1. The molecule has 0 aliphatic carbocycles. The van der Waals surface area contributed by atoms with Crippen LogP contribution in [-0.4, -0.2) is 70.5 Å². The maximum Gasteiger partial charge on any atom is 0.257 e. The van der Waals surface area contributed by atoms with Gasteiger partial charge in [0, 0.05) is 12.6 Å². The minimum absolute atomic E-state index is 0.000164. The highest BCUT2D eigenvalue weighted by Gasteiger charge is 2.53. The van der Waals surface area contributed by atoms with E-state index in [2.05, 4.69) is 15.6 Å². The van der Waals surface area contributed by atoms with E-state index in [9.17, 15) is 29.0 Å². The molecule has 2 fully saturated rings. The zero-order valence-electron chi connectivity index (χ0n) is 19.5. The number of furan rings is 1. The minimum atomic E-state index is -1.71. The standard InChI is InChI=1S/C24H22FN5O7/c1-36-15-3-2-11-8-29(21(33)19(11)20(15)25)10-24(22(34)27-23(35)28-24)16-7-13-14(37-16)4-5-17(26-13)30-9-12(31)6-18(30)32/h2-5,7,12,23,28,31,35H,6,8-10H2,1H3,(H,27,34)/t12-,23?,24-/m0/s1. The van der Waals surface area contributed by atoms with E-state index in [1.165, 1.54) is 29.0 Å². The lowest BCUT2D eigenvalue weighted by molar-refractivity contribution is -0.125. The number of nitrogens with zero attached hydrogens (tertiary/aromatic N) is 3. The Kier molecular flexibility index (Phi) is 5.19. The van der Waals surface area contributed by atoms with E-state index in [1.54, 1.807) is 18.2 Å². The van der Waals surface area contributed by atoms with Crippen molar-refractivity contribution in [3.8, 4) is 5.75 Å². The molecule has 0 bridgehead atoms. The molecular weight excluding hydrogens is 489 g/mol. The highest BCUT2D eigenvalue weighted by Crippen LogP contribution is 2.36. The number of aliphatic hydroxyl groups excluding tert-OH is 2. The van der Waals surface area contributed by atoms with Gasteiger partial charge < -0.3 is 29.6 Å². The maximum absolute atomic E-state index is 14.8. The number of carbonyl (C=O) groups is 3. The third-order valence-corrected chi connectivity index (χ3v) is 6.90. The van der Waals surface area contributed by atoms with Crippen molar-refractivity contribution in [2.75, 3.05) is 25.1 Å². The fourth-order valence-corrected chi connectivity index (χ4v) is 5.11. The highest BCUT2D eigenvalue weighted by molar-refractivity contribution is 6.00. The van der Waals surface area contributed by atoms with E-state index in [0.29, 0.717) is 22.5 Å². The van der Waals surface area contributed by atoms with Crippen molar-refractivity contribution in [1.29, 1.82) is 0 Å². The molecule has 0 saturated carbocycles. The number of rotatable bonds is 5. The number of β-amino-alcohol motifs (C(OH)–C–C–N with tert-alkyl or cyclic N) is 1. The Hall–Kier alpha value is -4.07. The molecular formula is C24H22FN5O7. The van der Waals surface area contributed by atoms with E-state index >= 15 is 0 Å². The zero-order chi connectivity index (χ0) is 26.1. The highest BCUT2D eigenvalue weighted by atomic mass is 19.1. The fraction of sp³-hybridized carbons (Fsp3) is 0.333. The number of pyridine rings is 1. The van der Waals surface area contributed by atoms with Crippen LogP contribution in [0.5, 0.6) is 5.75 Å². The summed E-state index contributed by atoms with van der Waals surface area (Å²) in [5.74, 6) is -2.03. The van der Waals surface area contributed by atoms with Gasteiger partial charge in [0.25, 0.3) is 11.8 Å². The molecule has 3 aliphatic rings. The van der Waals surface area contributed by atoms with Crippen molar-refractivity contribution in [3.05, 3.63) is 53.0 Å². The van der Waals surface area contributed by atoms with E-state index in [0.717, 1.165) is 0 Å². The molecule has 2 saturated heterocycles. The molecule has 1 unspecified atom stereocenters. The third-order valence-electron chi connectivity index (χ3n) is 6.90. The van der Waals surface area contributed by atoms with Crippen LogP contribution in [0.25, 0.3) is 11.1 Å². The van der Waals surface area contributed by atoms with Crippen molar-refractivity contribution < 1.29 is 38.1 Å². The molecule has 192 valence electrons. The Labute approximate surface area is 208 Å². The van der Waals surface area contributed by atoms with E-state index < -0.39 is 35.6 Å². The van der Waals surface area contributed by atoms with Crippen LogP contribution in [0.3, 0.4) is 0 Å². The van der Waals surface area contributed by atoms with Gasteiger partial charge in [-0.15, -0.1) is 0 Å². The van der Waals surface area contributed by atoms with Crippen LogP contribution in [0.2, 0.25) is 0 Å². The van der Waals surface area contributed by atoms with Crippen LogP contribution in [0.4, 0.5) is 10.2 Å². The number of ether oxygens (including phenoxy) is 1. The smallest absolute Gasteiger partial charge is 0.257 e. The van der Waals surface area contributed by atoms with Gasteiger partial charge in [0.2, 0.25) is 5.91 Å². The van der Waals surface area contributed by atoms with Crippen molar-refractivity contribution in [1.82, 2.24) is 20.5 Å². The summed E-state index contributed by atoms with van der Waals surface area (Å²) in [6, 6.07) is 7.64. The normalized spacial score (nSPS) is 25.4. The Bertz CT molecular complexity index is 1480. The zero-order valence-corrected chi connectivity index (χ0v) is 19.5. The largest absolute Gasteiger partial charge is 0.494 e. The van der Waals surface area contributed by atoms with Gasteiger partial charge in [-0.2, -0.15) is 0 Å². The van der Waals surface area contributed by atoms with Gasteiger partial charge in [0.15, 0.2) is 29.0 Å². The van der Waals surface area contributed by atoms with Crippen molar-refractivity contribution in [2.24, 2.45) is 0 Å². The van der Waals surface area contributed by atoms with Crippen LogP contribution in [0, 0.1) is 5.82 Å². The summed E-state index contributed by atoms with van der Waals surface area (Å²) >= 11 is 0. The number of hydrogen-bond donors (Lipinski definition) is 4. The molecule has 13 heteroatoms. The molecule has 12 nitrogen and oxygen atoms in total. The number of methoxy groups -OCH3 is 1. The molecule has 37 heavy (non-hydrogen) atoms. The predicted octanol–water partition coefficient (Wildman–Crippen LogP) is -0.0803. The molecule has 3 aliphatic heterocycles.